The molecule has 0 spiro atoms. The summed E-state index contributed by atoms with van der Waals surface area (Å²) in [7, 11) is 0. The number of rotatable bonds is 3. The summed E-state index contributed by atoms with van der Waals surface area (Å²) in [5.74, 6) is 0.595. The summed E-state index contributed by atoms with van der Waals surface area (Å²) in [5, 5.41) is 0. The molecule has 10 heavy (non-hydrogen) atoms. The highest BCUT2D eigenvalue weighted by Gasteiger charge is 2.15. The number of hydrogen-bond acceptors (Lipinski definition) is 0. The van der Waals surface area contributed by atoms with Crippen LogP contribution in [0, 0.1) is 5.92 Å². The van der Waals surface area contributed by atoms with Crippen LogP contribution in [0.4, 0.5) is 0 Å². The lowest BCUT2D eigenvalue weighted by molar-refractivity contribution is 0.533. The lowest BCUT2D eigenvalue weighted by atomic mass is 9.98. The fourth-order valence-electron chi connectivity index (χ4n) is 1.16. The summed E-state index contributed by atoms with van der Waals surface area (Å²) in [5.41, 5.74) is 0. The van der Waals surface area contributed by atoms with Crippen LogP contribution in [0.3, 0.4) is 0 Å². The van der Waals surface area contributed by atoms with Crippen LogP contribution in [0.2, 0.25) is 0 Å². The van der Waals surface area contributed by atoms with Gasteiger partial charge >= 0.3 is 0 Å². The van der Waals surface area contributed by atoms with Crippen molar-refractivity contribution in [2.75, 3.05) is 0 Å². The van der Waals surface area contributed by atoms with Gasteiger partial charge in [-0.25, -0.2) is 0 Å². The molecule has 0 bridgehead atoms. The van der Waals surface area contributed by atoms with E-state index in [0.717, 1.165) is 6.42 Å². The standard InChI is InChI=1S/C9H17Cl/c1-5-6-8(2)7-9(3,4)10/h5-6,8H,7H2,1-4H3/b6-5+. The summed E-state index contributed by atoms with van der Waals surface area (Å²) >= 11 is 6.03. The molecular formula is C9H17Cl. The van der Waals surface area contributed by atoms with E-state index < -0.39 is 0 Å². The first kappa shape index (κ1) is 10.0. The molecular weight excluding hydrogens is 144 g/mol. The Balaban J connectivity index is 3.68. The smallest absolute Gasteiger partial charge is 0.0396 e. The Kier molecular flexibility index (Phi) is 4.04. The Labute approximate surface area is 69.3 Å². The van der Waals surface area contributed by atoms with Crippen LogP contribution in [0.5, 0.6) is 0 Å². The van der Waals surface area contributed by atoms with Crippen molar-refractivity contribution in [1.82, 2.24) is 0 Å². The number of hydrogen-bond donors (Lipinski definition) is 0. The summed E-state index contributed by atoms with van der Waals surface area (Å²) in [6.45, 7) is 8.32. The summed E-state index contributed by atoms with van der Waals surface area (Å²) in [6, 6.07) is 0. The van der Waals surface area contributed by atoms with Gasteiger partial charge < -0.3 is 0 Å². The average molecular weight is 161 g/mol. The van der Waals surface area contributed by atoms with Gasteiger partial charge in [0.1, 0.15) is 0 Å². The number of allylic oxidation sites excluding steroid dienone is 2. The van der Waals surface area contributed by atoms with E-state index in [1.807, 2.05) is 6.92 Å². The van der Waals surface area contributed by atoms with Crippen molar-refractivity contribution in [3.05, 3.63) is 12.2 Å². The van der Waals surface area contributed by atoms with Gasteiger partial charge in [-0.15, -0.1) is 11.6 Å². The first-order valence-electron chi connectivity index (χ1n) is 3.77. The van der Waals surface area contributed by atoms with Crippen molar-refractivity contribution in [3.63, 3.8) is 0 Å². The van der Waals surface area contributed by atoms with Gasteiger partial charge in [0.25, 0.3) is 0 Å². The maximum absolute atomic E-state index is 6.03. The fraction of sp³-hybridized carbons (Fsp3) is 0.778. The summed E-state index contributed by atoms with van der Waals surface area (Å²) in [4.78, 5) is -0.0566. The molecule has 1 heteroatoms. The van der Waals surface area contributed by atoms with Crippen molar-refractivity contribution >= 4 is 11.6 Å². The largest absolute Gasteiger partial charge is 0.120 e. The van der Waals surface area contributed by atoms with Crippen LogP contribution in [0.15, 0.2) is 12.2 Å². The predicted molar refractivity (Wildman–Crippen MR) is 48.5 cm³/mol. The highest BCUT2D eigenvalue weighted by molar-refractivity contribution is 6.23. The molecule has 0 aromatic heterocycles. The van der Waals surface area contributed by atoms with Crippen molar-refractivity contribution < 1.29 is 0 Å². The van der Waals surface area contributed by atoms with Gasteiger partial charge in [-0.2, -0.15) is 0 Å². The molecule has 60 valence electrons. The Morgan fingerprint density at radius 3 is 2.30 bits per heavy atom. The minimum Gasteiger partial charge on any atom is -0.120 e. The molecule has 0 heterocycles. The van der Waals surface area contributed by atoms with E-state index in [1.165, 1.54) is 0 Å². The van der Waals surface area contributed by atoms with E-state index in [2.05, 4.69) is 32.9 Å². The zero-order valence-electron chi connectivity index (χ0n) is 7.32. The van der Waals surface area contributed by atoms with Crippen LogP contribution in [0.1, 0.15) is 34.1 Å². The number of alkyl halides is 1. The lowest BCUT2D eigenvalue weighted by Gasteiger charge is -2.18. The van der Waals surface area contributed by atoms with E-state index in [4.69, 9.17) is 11.6 Å². The van der Waals surface area contributed by atoms with Crippen molar-refractivity contribution in [2.24, 2.45) is 5.92 Å². The van der Waals surface area contributed by atoms with Crippen molar-refractivity contribution in [1.29, 1.82) is 0 Å². The molecule has 0 N–H and O–H groups in total. The third kappa shape index (κ3) is 6.15. The third-order valence-electron chi connectivity index (χ3n) is 1.33. The Morgan fingerprint density at radius 1 is 1.50 bits per heavy atom. The number of halogens is 1. The van der Waals surface area contributed by atoms with Crippen molar-refractivity contribution in [3.8, 4) is 0 Å². The Bertz CT molecular complexity index is 108. The van der Waals surface area contributed by atoms with E-state index in [0.29, 0.717) is 5.92 Å². The molecule has 0 nitrogen and oxygen atoms in total. The predicted octanol–water partition coefficient (Wildman–Crippen LogP) is 3.61. The SMILES string of the molecule is C/C=C/C(C)CC(C)(C)Cl. The first-order chi connectivity index (χ1) is 4.45. The highest BCUT2D eigenvalue weighted by atomic mass is 35.5. The van der Waals surface area contributed by atoms with Gasteiger partial charge in [0.15, 0.2) is 0 Å². The molecule has 0 saturated carbocycles. The molecule has 0 aromatic rings. The first-order valence-corrected chi connectivity index (χ1v) is 4.15. The monoisotopic (exact) mass is 160 g/mol. The molecule has 1 unspecified atom stereocenters. The normalized spacial score (nSPS) is 16.1. The molecule has 0 fully saturated rings. The van der Waals surface area contributed by atoms with Gasteiger partial charge in [-0.1, -0.05) is 19.1 Å². The quantitative estimate of drug-likeness (QED) is 0.437. The average Bonchev–Trinajstić information content (AvgIpc) is 1.59. The minimum absolute atomic E-state index is 0.0566. The van der Waals surface area contributed by atoms with E-state index >= 15 is 0 Å². The summed E-state index contributed by atoms with van der Waals surface area (Å²) < 4.78 is 0. The third-order valence-corrected chi connectivity index (χ3v) is 1.48. The van der Waals surface area contributed by atoms with Crippen LogP contribution in [0.25, 0.3) is 0 Å². The molecule has 0 saturated heterocycles. The molecule has 0 amide bonds. The van der Waals surface area contributed by atoms with E-state index in [1.54, 1.807) is 0 Å². The Morgan fingerprint density at radius 2 is 2.00 bits per heavy atom. The maximum atomic E-state index is 6.03. The highest BCUT2D eigenvalue weighted by Crippen LogP contribution is 2.23. The maximum Gasteiger partial charge on any atom is 0.0396 e. The molecule has 0 aliphatic rings. The van der Waals surface area contributed by atoms with E-state index in [9.17, 15) is 0 Å². The fourth-order valence-corrected chi connectivity index (χ4v) is 1.41. The molecule has 0 radical (unpaired) electrons. The Hall–Kier alpha value is 0.0300. The zero-order chi connectivity index (χ0) is 8.20. The van der Waals surface area contributed by atoms with Gasteiger partial charge in [0, 0.05) is 4.87 Å². The topological polar surface area (TPSA) is 0 Å². The van der Waals surface area contributed by atoms with Gasteiger partial charge in [0.05, 0.1) is 0 Å². The zero-order valence-corrected chi connectivity index (χ0v) is 8.07. The second-order valence-electron chi connectivity index (χ2n) is 3.43. The molecule has 0 aliphatic heterocycles. The second kappa shape index (κ2) is 4.02. The van der Waals surface area contributed by atoms with Crippen LogP contribution in [-0.2, 0) is 0 Å². The lowest BCUT2D eigenvalue weighted by Crippen LogP contribution is -2.13. The van der Waals surface area contributed by atoms with Crippen LogP contribution >= 0.6 is 11.6 Å². The van der Waals surface area contributed by atoms with Gasteiger partial charge in [-0.05, 0) is 33.1 Å². The molecule has 1 atom stereocenters. The molecule has 0 aromatic carbocycles. The minimum atomic E-state index is -0.0566. The van der Waals surface area contributed by atoms with Crippen molar-refractivity contribution in [2.45, 2.75) is 39.0 Å². The second-order valence-corrected chi connectivity index (χ2v) is 4.45. The molecule has 0 rings (SSSR count). The molecule has 0 aliphatic carbocycles. The summed E-state index contributed by atoms with van der Waals surface area (Å²) in [6.07, 6.45) is 5.30. The van der Waals surface area contributed by atoms with Crippen LogP contribution in [-0.4, -0.2) is 4.87 Å². The van der Waals surface area contributed by atoms with E-state index in [-0.39, 0.29) is 4.87 Å². The van der Waals surface area contributed by atoms with Gasteiger partial charge in [0.2, 0.25) is 0 Å². The van der Waals surface area contributed by atoms with Gasteiger partial charge in [-0.3, -0.25) is 0 Å². The van der Waals surface area contributed by atoms with Crippen LogP contribution < -0.4 is 0 Å².